The molecule has 2 aliphatic rings. The van der Waals surface area contributed by atoms with E-state index in [1.807, 2.05) is 0 Å². The summed E-state index contributed by atoms with van der Waals surface area (Å²) < 4.78 is 0. The minimum atomic E-state index is 0.419. The van der Waals surface area contributed by atoms with Gasteiger partial charge < -0.3 is 0 Å². The molecule has 1 aliphatic heterocycles. The van der Waals surface area contributed by atoms with Crippen LogP contribution in [-0.2, 0) is 4.79 Å². The van der Waals surface area contributed by atoms with Gasteiger partial charge in [0.05, 0.1) is 0 Å². The Morgan fingerprint density at radius 1 is 1.50 bits per heavy atom. The molecule has 1 aliphatic carbocycles. The van der Waals surface area contributed by atoms with Crippen molar-refractivity contribution in [1.82, 2.24) is 0 Å². The molecule has 1 heterocycles. The molecule has 0 aromatic heterocycles. The predicted octanol–water partition coefficient (Wildman–Crippen LogP) is 1.43. The molecule has 1 saturated heterocycles. The minimum absolute atomic E-state index is 0.419. The Hall–Kier alpha value is 0.0200. The molecule has 0 aromatic carbocycles. The third-order valence-electron chi connectivity index (χ3n) is 2.02. The van der Waals surface area contributed by atoms with E-state index in [0.29, 0.717) is 10.5 Å². The van der Waals surface area contributed by atoms with Crippen LogP contribution in [0.25, 0.3) is 0 Å². The zero-order chi connectivity index (χ0) is 5.61. The SMILES string of the molecule is O=C1CC2(CC2)CS1. The number of thioether (sulfide) groups is 1. The molecule has 0 bridgehead atoms. The van der Waals surface area contributed by atoms with Crippen molar-refractivity contribution >= 4 is 16.9 Å². The van der Waals surface area contributed by atoms with E-state index in [-0.39, 0.29) is 0 Å². The van der Waals surface area contributed by atoms with Crippen molar-refractivity contribution in [2.45, 2.75) is 19.3 Å². The van der Waals surface area contributed by atoms with Crippen LogP contribution in [0.2, 0.25) is 0 Å². The van der Waals surface area contributed by atoms with E-state index >= 15 is 0 Å². The first-order valence-corrected chi connectivity index (χ1v) is 3.95. The largest absolute Gasteiger partial charge is 0.287 e. The summed E-state index contributed by atoms with van der Waals surface area (Å²) in [6.45, 7) is 0. The molecule has 2 rings (SSSR count). The van der Waals surface area contributed by atoms with Gasteiger partial charge in [0.1, 0.15) is 0 Å². The van der Waals surface area contributed by atoms with Gasteiger partial charge in [0, 0.05) is 12.2 Å². The summed E-state index contributed by atoms with van der Waals surface area (Å²) >= 11 is 1.53. The molecule has 0 N–H and O–H groups in total. The van der Waals surface area contributed by atoms with E-state index < -0.39 is 0 Å². The van der Waals surface area contributed by atoms with E-state index in [0.717, 1.165) is 12.2 Å². The second-order valence-corrected chi connectivity index (χ2v) is 3.87. The molecule has 0 atom stereocenters. The summed E-state index contributed by atoms with van der Waals surface area (Å²) in [6.07, 6.45) is 3.50. The van der Waals surface area contributed by atoms with Gasteiger partial charge in [-0.25, -0.2) is 0 Å². The second kappa shape index (κ2) is 1.29. The molecule has 1 saturated carbocycles. The second-order valence-electron chi connectivity index (χ2n) is 2.84. The average molecular weight is 128 g/mol. The van der Waals surface area contributed by atoms with Crippen molar-refractivity contribution in [2.24, 2.45) is 5.41 Å². The molecule has 0 aromatic rings. The normalized spacial score (nSPS) is 31.8. The third kappa shape index (κ3) is 0.591. The van der Waals surface area contributed by atoms with Crippen molar-refractivity contribution in [2.75, 3.05) is 5.75 Å². The molecule has 8 heavy (non-hydrogen) atoms. The lowest BCUT2D eigenvalue weighted by molar-refractivity contribution is -0.111. The summed E-state index contributed by atoms with van der Waals surface area (Å²) in [6, 6.07) is 0. The van der Waals surface area contributed by atoms with Crippen LogP contribution in [0.15, 0.2) is 0 Å². The lowest BCUT2D eigenvalue weighted by Gasteiger charge is -1.94. The zero-order valence-corrected chi connectivity index (χ0v) is 5.46. The van der Waals surface area contributed by atoms with E-state index in [2.05, 4.69) is 0 Å². The quantitative estimate of drug-likeness (QED) is 0.491. The van der Waals surface area contributed by atoms with Crippen molar-refractivity contribution in [1.29, 1.82) is 0 Å². The van der Waals surface area contributed by atoms with Crippen LogP contribution in [0, 0.1) is 5.41 Å². The van der Waals surface area contributed by atoms with Gasteiger partial charge in [0.25, 0.3) is 0 Å². The van der Waals surface area contributed by atoms with Crippen LogP contribution < -0.4 is 0 Å². The van der Waals surface area contributed by atoms with E-state index in [1.165, 1.54) is 24.6 Å². The molecule has 1 spiro atoms. The molecular weight excluding hydrogens is 120 g/mol. The molecule has 0 amide bonds. The average Bonchev–Trinajstić information content (AvgIpc) is 2.34. The lowest BCUT2D eigenvalue weighted by Crippen LogP contribution is -1.95. The van der Waals surface area contributed by atoms with Crippen LogP contribution in [0.3, 0.4) is 0 Å². The highest BCUT2D eigenvalue weighted by Gasteiger charge is 2.48. The van der Waals surface area contributed by atoms with Gasteiger partial charge in [-0.3, -0.25) is 4.79 Å². The van der Waals surface area contributed by atoms with Crippen molar-refractivity contribution in [3.8, 4) is 0 Å². The smallest absolute Gasteiger partial charge is 0.189 e. The molecular formula is C6H8OS. The topological polar surface area (TPSA) is 17.1 Å². The Bertz CT molecular complexity index is 137. The van der Waals surface area contributed by atoms with Crippen LogP contribution >= 0.6 is 11.8 Å². The summed E-state index contributed by atoms with van der Waals surface area (Å²) in [7, 11) is 0. The van der Waals surface area contributed by atoms with Crippen molar-refractivity contribution in [3.05, 3.63) is 0 Å². The maximum absolute atomic E-state index is 10.7. The van der Waals surface area contributed by atoms with Gasteiger partial charge in [-0.05, 0) is 18.3 Å². The van der Waals surface area contributed by atoms with Gasteiger partial charge in [-0.2, -0.15) is 0 Å². The summed E-state index contributed by atoms with van der Waals surface area (Å²) in [4.78, 5) is 10.7. The Balaban J connectivity index is 2.13. The lowest BCUT2D eigenvalue weighted by atomic mass is 10.1. The highest BCUT2D eigenvalue weighted by atomic mass is 32.2. The number of hydrogen-bond acceptors (Lipinski definition) is 2. The van der Waals surface area contributed by atoms with Crippen LogP contribution in [0.1, 0.15) is 19.3 Å². The van der Waals surface area contributed by atoms with Gasteiger partial charge in [0.15, 0.2) is 5.12 Å². The fraction of sp³-hybridized carbons (Fsp3) is 0.833. The molecule has 0 unspecified atom stereocenters. The third-order valence-corrected chi connectivity index (χ3v) is 3.24. The zero-order valence-electron chi connectivity index (χ0n) is 4.64. The minimum Gasteiger partial charge on any atom is -0.287 e. The Labute approximate surface area is 52.8 Å². The predicted molar refractivity (Wildman–Crippen MR) is 33.7 cm³/mol. The standard InChI is InChI=1S/C6H8OS/c7-5-3-6(1-2-6)4-8-5/h1-4H2. The van der Waals surface area contributed by atoms with Crippen molar-refractivity contribution < 1.29 is 4.79 Å². The van der Waals surface area contributed by atoms with Crippen LogP contribution in [0.5, 0.6) is 0 Å². The molecule has 0 radical (unpaired) electrons. The molecule has 2 fully saturated rings. The van der Waals surface area contributed by atoms with Crippen LogP contribution in [0.4, 0.5) is 0 Å². The number of hydrogen-bond donors (Lipinski definition) is 0. The van der Waals surface area contributed by atoms with E-state index in [9.17, 15) is 4.79 Å². The number of rotatable bonds is 0. The fourth-order valence-electron chi connectivity index (χ4n) is 1.14. The summed E-state index contributed by atoms with van der Waals surface area (Å²) in [5.74, 6) is 1.12. The van der Waals surface area contributed by atoms with Gasteiger partial charge >= 0.3 is 0 Å². The maximum Gasteiger partial charge on any atom is 0.189 e. The Morgan fingerprint density at radius 3 is 2.50 bits per heavy atom. The molecule has 2 heteroatoms. The van der Waals surface area contributed by atoms with E-state index in [1.54, 1.807) is 0 Å². The maximum atomic E-state index is 10.7. The highest BCUT2D eigenvalue weighted by Crippen LogP contribution is 2.56. The van der Waals surface area contributed by atoms with Gasteiger partial charge in [0.2, 0.25) is 0 Å². The fourth-order valence-corrected chi connectivity index (χ4v) is 2.41. The highest BCUT2D eigenvalue weighted by molar-refractivity contribution is 8.14. The van der Waals surface area contributed by atoms with E-state index in [4.69, 9.17) is 0 Å². The van der Waals surface area contributed by atoms with Gasteiger partial charge in [-0.1, -0.05) is 11.8 Å². The Morgan fingerprint density at radius 2 is 2.25 bits per heavy atom. The monoisotopic (exact) mass is 128 g/mol. The first-order chi connectivity index (χ1) is 3.81. The molecule has 44 valence electrons. The number of carbonyl (C=O) groups is 1. The Kier molecular flexibility index (Phi) is 0.786. The summed E-state index contributed by atoms with van der Waals surface area (Å²) in [5.41, 5.74) is 0.530. The van der Waals surface area contributed by atoms with Crippen molar-refractivity contribution in [3.63, 3.8) is 0 Å². The summed E-state index contributed by atoms with van der Waals surface area (Å²) in [5, 5.41) is 0.419. The number of carbonyl (C=O) groups excluding carboxylic acids is 1. The molecule has 1 nitrogen and oxygen atoms in total. The van der Waals surface area contributed by atoms with Crippen LogP contribution in [-0.4, -0.2) is 10.9 Å². The first-order valence-electron chi connectivity index (χ1n) is 2.96. The first kappa shape index (κ1) is 4.86. The van der Waals surface area contributed by atoms with Gasteiger partial charge in [-0.15, -0.1) is 0 Å².